The zero-order valence-corrected chi connectivity index (χ0v) is 12.4. The van der Waals surface area contributed by atoms with Gasteiger partial charge in [0.05, 0.1) is 12.2 Å². The molecule has 1 N–H and O–H groups in total. The molecule has 0 fully saturated rings. The van der Waals surface area contributed by atoms with Crippen molar-refractivity contribution in [2.45, 2.75) is 19.8 Å². The van der Waals surface area contributed by atoms with Crippen LogP contribution in [0.2, 0.25) is 5.02 Å². The quantitative estimate of drug-likeness (QED) is 0.809. The number of unbranched alkanes of at least 4 members (excludes halogenated alkanes) is 1. The van der Waals surface area contributed by atoms with Gasteiger partial charge in [0.2, 0.25) is 5.88 Å². The highest BCUT2D eigenvalue weighted by atomic mass is 35.5. The van der Waals surface area contributed by atoms with Crippen LogP contribution in [0.5, 0.6) is 5.88 Å². The predicted octanol–water partition coefficient (Wildman–Crippen LogP) is 4.28. The van der Waals surface area contributed by atoms with Crippen molar-refractivity contribution in [2.24, 2.45) is 0 Å². The molecular weight excluding hydrogens is 290 g/mol. The van der Waals surface area contributed by atoms with E-state index in [1.165, 1.54) is 6.20 Å². The molecule has 0 saturated carbocycles. The van der Waals surface area contributed by atoms with Crippen LogP contribution in [-0.2, 0) is 0 Å². The smallest absolute Gasteiger partial charge is 0.337 e. The first-order chi connectivity index (χ1) is 10.1. The van der Waals surface area contributed by atoms with Crippen molar-refractivity contribution < 1.29 is 14.6 Å². The number of rotatable bonds is 6. The zero-order chi connectivity index (χ0) is 15.2. The van der Waals surface area contributed by atoms with Gasteiger partial charge in [-0.15, -0.1) is 0 Å². The van der Waals surface area contributed by atoms with E-state index in [1.54, 1.807) is 18.2 Å². The van der Waals surface area contributed by atoms with E-state index in [1.807, 2.05) is 12.1 Å². The highest BCUT2D eigenvalue weighted by Gasteiger charge is 2.13. The Morgan fingerprint density at radius 1 is 1.33 bits per heavy atom. The number of aromatic nitrogens is 1. The fourth-order valence-electron chi connectivity index (χ4n) is 1.83. The number of halogens is 1. The highest BCUT2D eigenvalue weighted by Crippen LogP contribution is 2.30. The topological polar surface area (TPSA) is 59.4 Å². The molecule has 21 heavy (non-hydrogen) atoms. The SMILES string of the molecule is CCCCOc1ncc(C(=O)O)cc1-c1ccc(Cl)cc1. The van der Waals surface area contributed by atoms with Crippen LogP contribution in [0.15, 0.2) is 36.5 Å². The molecule has 0 aliphatic heterocycles. The van der Waals surface area contributed by atoms with Gasteiger partial charge in [-0.05, 0) is 30.2 Å². The predicted molar refractivity (Wildman–Crippen MR) is 82.0 cm³/mol. The summed E-state index contributed by atoms with van der Waals surface area (Å²) in [5.41, 5.74) is 1.60. The molecule has 5 heteroatoms. The summed E-state index contributed by atoms with van der Waals surface area (Å²) in [6, 6.07) is 8.70. The average Bonchev–Trinajstić information content (AvgIpc) is 2.48. The Hall–Kier alpha value is -2.07. The van der Waals surface area contributed by atoms with E-state index in [2.05, 4.69) is 11.9 Å². The van der Waals surface area contributed by atoms with E-state index < -0.39 is 5.97 Å². The molecule has 110 valence electrons. The number of carboxylic acid groups (broad SMARTS) is 1. The maximum atomic E-state index is 11.1. The fourth-order valence-corrected chi connectivity index (χ4v) is 1.96. The lowest BCUT2D eigenvalue weighted by molar-refractivity contribution is 0.0696. The van der Waals surface area contributed by atoms with Crippen LogP contribution in [0.3, 0.4) is 0 Å². The van der Waals surface area contributed by atoms with E-state index >= 15 is 0 Å². The highest BCUT2D eigenvalue weighted by molar-refractivity contribution is 6.30. The molecule has 4 nitrogen and oxygen atoms in total. The number of carboxylic acids is 1. The maximum absolute atomic E-state index is 11.1. The van der Waals surface area contributed by atoms with E-state index in [9.17, 15) is 4.79 Å². The second kappa shape index (κ2) is 7.09. The minimum absolute atomic E-state index is 0.128. The van der Waals surface area contributed by atoms with Crippen LogP contribution in [0.25, 0.3) is 11.1 Å². The summed E-state index contributed by atoms with van der Waals surface area (Å²) < 4.78 is 5.66. The Morgan fingerprint density at radius 2 is 2.05 bits per heavy atom. The molecule has 0 saturated heterocycles. The van der Waals surface area contributed by atoms with E-state index in [0.29, 0.717) is 23.1 Å². The van der Waals surface area contributed by atoms with Gasteiger partial charge in [0, 0.05) is 16.8 Å². The van der Waals surface area contributed by atoms with Crippen LogP contribution in [0.4, 0.5) is 0 Å². The van der Waals surface area contributed by atoms with Gasteiger partial charge >= 0.3 is 5.97 Å². The molecule has 0 unspecified atom stereocenters. The van der Waals surface area contributed by atoms with Crippen molar-refractivity contribution in [3.05, 3.63) is 47.1 Å². The zero-order valence-electron chi connectivity index (χ0n) is 11.7. The molecule has 0 aliphatic carbocycles. The second-order valence-corrected chi connectivity index (χ2v) is 5.03. The Labute approximate surface area is 128 Å². The number of pyridine rings is 1. The standard InChI is InChI=1S/C16H16ClNO3/c1-2-3-8-21-15-14(9-12(10-18-15)16(19)20)11-4-6-13(17)7-5-11/h4-7,9-10H,2-3,8H2,1H3,(H,19,20). The molecule has 0 atom stereocenters. The monoisotopic (exact) mass is 305 g/mol. The van der Waals surface area contributed by atoms with E-state index in [0.717, 1.165) is 18.4 Å². The van der Waals surface area contributed by atoms with Crippen molar-refractivity contribution in [1.82, 2.24) is 4.98 Å². The Balaban J connectivity index is 2.40. The lowest BCUT2D eigenvalue weighted by Gasteiger charge is -2.11. The van der Waals surface area contributed by atoms with Gasteiger partial charge in [0.15, 0.2) is 0 Å². The number of hydrogen-bond donors (Lipinski definition) is 1. The molecule has 0 aliphatic rings. The molecule has 2 aromatic rings. The van der Waals surface area contributed by atoms with Gasteiger partial charge in [0.1, 0.15) is 0 Å². The van der Waals surface area contributed by atoms with Gasteiger partial charge in [0.25, 0.3) is 0 Å². The summed E-state index contributed by atoms with van der Waals surface area (Å²) in [6.45, 7) is 2.63. The summed E-state index contributed by atoms with van der Waals surface area (Å²) >= 11 is 5.88. The van der Waals surface area contributed by atoms with Gasteiger partial charge in [-0.3, -0.25) is 0 Å². The molecule has 0 bridgehead atoms. The van der Waals surface area contributed by atoms with E-state index in [4.69, 9.17) is 21.4 Å². The molecule has 2 rings (SSSR count). The number of carbonyl (C=O) groups is 1. The first-order valence-corrected chi connectivity index (χ1v) is 7.11. The molecule has 1 aromatic carbocycles. The van der Waals surface area contributed by atoms with Gasteiger partial charge in [-0.25, -0.2) is 9.78 Å². The number of ether oxygens (including phenoxy) is 1. The first-order valence-electron chi connectivity index (χ1n) is 6.74. The largest absolute Gasteiger partial charge is 0.478 e. The second-order valence-electron chi connectivity index (χ2n) is 4.59. The summed E-state index contributed by atoms with van der Waals surface area (Å²) in [4.78, 5) is 15.2. The minimum atomic E-state index is -1.02. The Kier molecular flexibility index (Phi) is 5.17. The molecule has 0 radical (unpaired) electrons. The lowest BCUT2D eigenvalue weighted by atomic mass is 10.1. The van der Waals surface area contributed by atoms with E-state index in [-0.39, 0.29) is 5.56 Å². The lowest BCUT2D eigenvalue weighted by Crippen LogP contribution is -2.03. The number of aromatic carboxylic acids is 1. The van der Waals surface area contributed by atoms with Gasteiger partial charge < -0.3 is 9.84 Å². The molecule has 1 heterocycles. The summed E-state index contributed by atoms with van der Waals surface area (Å²) in [7, 11) is 0. The van der Waals surface area contributed by atoms with Crippen LogP contribution < -0.4 is 4.74 Å². The third kappa shape index (κ3) is 3.95. The Morgan fingerprint density at radius 3 is 2.67 bits per heavy atom. The average molecular weight is 306 g/mol. The molecule has 1 aromatic heterocycles. The third-order valence-electron chi connectivity index (χ3n) is 2.99. The minimum Gasteiger partial charge on any atom is -0.478 e. The van der Waals surface area contributed by atoms with Crippen molar-refractivity contribution in [3.8, 4) is 17.0 Å². The normalized spacial score (nSPS) is 10.4. The number of hydrogen-bond acceptors (Lipinski definition) is 3. The molecule has 0 amide bonds. The summed E-state index contributed by atoms with van der Waals surface area (Å²) in [6.07, 6.45) is 3.24. The summed E-state index contributed by atoms with van der Waals surface area (Å²) in [5.74, 6) is -0.575. The van der Waals surface area contributed by atoms with Crippen LogP contribution in [0.1, 0.15) is 30.1 Å². The van der Waals surface area contributed by atoms with Crippen molar-refractivity contribution >= 4 is 17.6 Å². The number of nitrogens with zero attached hydrogens (tertiary/aromatic N) is 1. The fraction of sp³-hybridized carbons (Fsp3) is 0.250. The van der Waals surface area contributed by atoms with Crippen molar-refractivity contribution in [3.63, 3.8) is 0 Å². The van der Waals surface area contributed by atoms with Crippen molar-refractivity contribution in [2.75, 3.05) is 6.61 Å². The van der Waals surface area contributed by atoms with Crippen LogP contribution in [0, 0.1) is 0 Å². The van der Waals surface area contributed by atoms with Gasteiger partial charge in [-0.1, -0.05) is 37.1 Å². The first kappa shape index (κ1) is 15.3. The molecule has 0 spiro atoms. The van der Waals surface area contributed by atoms with Crippen LogP contribution >= 0.6 is 11.6 Å². The molecular formula is C16H16ClNO3. The number of benzene rings is 1. The van der Waals surface area contributed by atoms with Crippen molar-refractivity contribution in [1.29, 1.82) is 0 Å². The maximum Gasteiger partial charge on any atom is 0.337 e. The summed E-state index contributed by atoms with van der Waals surface area (Å²) in [5, 5.41) is 9.72. The third-order valence-corrected chi connectivity index (χ3v) is 3.24. The van der Waals surface area contributed by atoms with Gasteiger partial charge in [-0.2, -0.15) is 0 Å². The van der Waals surface area contributed by atoms with Crippen LogP contribution in [-0.4, -0.2) is 22.7 Å². The Bertz CT molecular complexity index is 626.